The number of carbonyl (C=O) groups excluding carboxylic acids is 8. The number of nitrogens with two attached hydrogens (primary N) is 8. The summed E-state index contributed by atoms with van der Waals surface area (Å²) in [5.74, 6) is 36.6. The van der Waals surface area contributed by atoms with Gasteiger partial charge in [-0.15, -0.1) is 0 Å². The third kappa shape index (κ3) is 66.9. The highest BCUT2D eigenvalue weighted by Crippen LogP contribution is 2.07. The van der Waals surface area contributed by atoms with Crippen molar-refractivity contribution in [1.29, 1.82) is 0 Å². The molecule has 0 saturated carbocycles. The van der Waals surface area contributed by atoms with Gasteiger partial charge in [-0.25, -0.2) is 46.7 Å². The maximum Gasteiger partial charge on any atom is 0.259 e. The fourth-order valence-electron chi connectivity index (χ4n) is 6.48. The van der Waals surface area contributed by atoms with Gasteiger partial charge >= 0.3 is 0 Å². The Hall–Kier alpha value is -5.40. The fraction of sp³-hybridized carbons (Fsp3) is 0.852. The zero-order valence-corrected chi connectivity index (χ0v) is 53.4. The van der Waals surface area contributed by atoms with Crippen LogP contribution in [0, 0.1) is 0 Å². The molecule has 0 fully saturated rings. The molecular weight excluding hydrogens is 1340 g/mol. The van der Waals surface area contributed by atoms with Gasteiger partial charge in [0.05, 0.1) is 185 Å². The lowest BCUT2D eigenvalue weighted by molar-refractivity contribution is -0.135. The Kier molecular flexibility index (Phi) is 77.7. The van der Waals surface area contributed by atoms with Crippen LogP contribution in [0.4, 0.5) is 0 Å². The molecule has 0 heterocycles. The molecule has 588 valence electrons. The molecule has 0 saturated heterocycles. The number of amides is 8. The predicted molar refractivity (Wildman–Crippen MR) is 346 cm³/mol. The average Bonchev–Trinajstić information content (AvgIpc) is 1.92. The molecule has 6 atom stereocenters. The van der Waals surface area contributed by atoms with Crippen molar-refractivity contribution in [3.8, 4) is 0 Å². The normalized spacial score (nSPS) is 12.7. The predicted octanol–water partition coefficient (Wildman–Crippen LogP) is -9.99. The zero-order valence-electron chi connectivity index (χ0n) is 53.4. The molecule has 0 rings (SSSR count). The highest BCUT2D eigenvalue weighted by molar-refractivity contribution is 5.78. The Balaban J connectivity index is -0.00000736. The van der Waals surface area contributed by atoms with Gasteiger partial charge in [0.25, 0.3) is 47.3 Å². The second-order valence-electron chi connectivity index (χ2n) is 18.8. The van der Waals surface area contributed by atoms with Crippen LogP contribution in [0.2, 0.25) is 0 Å². The first-order valence-electron chi connectivity index (χ1n) is 29.5. The van der Waals surface area contributed by atoms with Crippen molar-refractivity contribution in [2.75, 3.05) is 238 Å². The summed E-state index contributed by atoms with van der Waals surface area (Å²) in [6.07, 6.45) is -4.54. The van der Waals surface area contributed by atoms with Crippen molar-refractivity contribution in [2.45, 2.75) is 66.3 Å². The van der Waals surface area contributed by atoms with E-state index < -0.39 is 83.9 Å². The number of hydrogen-bond acceptors (Lipinski definition) is 37. The van der Waals surface area contributed by atoms with Crippen LogP contribution in [-0.4, -0.2) is 322 Å². The number of rotatable bonds is 70. The van der Waals surface area contributed by atoms with Gasteiger partial charge in [0.2, 0.25) is 0 Å². The maximum absolute atomic E-state index is 11.7. The van der Waals surface area contributed by atoms with Crippen LogP contribution in [0.15, 0.2) is 0 Å². The van der Waals surface area contributed by atoms with Gasteiger partial charge in [0, 0.05) is 0 Å². The van der Waals surface area contributed by atoms with E-state index in [9.17, 15) is 38.4 Å². The maximum atomic E-state index is 11.7. The monoisotopic (exact) mass is 1450 g/mol. The highest BCUT2D eigenvalue weighted by Gasteiger charge is 2.21. The molecule has 0 spiro atoms. The summed E-state index contributed by atoms with van der Waals surface area (Å²) < 4.78 is 120. The lowest BCUT2D eigenvalue weighted by atomic mass is 10.3. The molecule has 0 aliphatic heterocycles. The minimum Gasteiger partial charge on any atom is -0.376 e. The number of hydrazine groups is 8. The summed E-state index contributed by atoms with van der Waals surface area (Å²) >= 11 is 0. The van der Waals surface area contributed by atoms with Crippen LogP contribution in [0.3, 0.4) is 0 Å². The molecular formula is C54H118N16O29. The van der Waals surface area contributed by atoms with E-state index in [1.165, 1.54) is 0 Å². The molecule has 0 aromatic heterocycles. The highest BCUT2D eigenvalue weighted by atomic mass is 16.6. The molecule has 0 bridgehead atoms. The molecule has 6 unspecified atom stereocenters. The molecule has 0 aliphatic carbocycles. The smallest absolute Gasteiger partial charge is 0.259 e. The number of nitrogens with one attached hydrogen (secondary N) is 8. The summed E-state index contributed by atoms with van der Waals surface area (Å²) in [6, 6.07) is 0. The quantitative estimate of drug-likeness (QED) is 0.0116. The summed E-state index contributed by atoms with van der Waals surface area (Å²) in [5.41, 5.74) is 15.7. The average molecular weight is 1460 g/mol. The van der Waals surface area contributed by atoms with Crippen LogP contribution >= 0.6 is 0 Å². The van der Waals surface area contributed by atoms with Crippen molar-refractivity contribution in [1.82, 2.24) is 43.4 Å². The van der Waals surface area contributed by atoms with Crippen LogP contribution in [0.5, 0.6) is 0 Å². The Labute approximate surface area is 578 Å². The third-order valence-electron chi connectivity index (χ3n) is 11.0. The van der Waals surface area contributed by atoms with E-state index in [1.807, 2.05) is 43.4 Å². The van der Waals surface area contributed by atoms with Crippen LogP contribution in [-0.2, 0) is 138 Å². The van der Waals surface area contributed by atoms with Crippen molar-refractivity contribution in [2.24, 2.45) is 46.7 Å². The lowest BCUT2D eigenvalue weighted by Crippen LogP contribution is -2.36. The standard InChI is InChI=1S/C50H102N16O29.4CH4/c51-59-43(67)29-77-3-1-75-17-37(90-11-5-79-31-45(69)61-53)19-85-21-39(92-13-7-81-33-47(71)63-55)23-87-25-41(94-15-9-83-35-49(73)65-57)27-89-28-42(95-16-10-84-36-50(74)66-58)26-88-24-40(93-14-8-82-34-48(72)64-56)22-86-20-38(91-12-6-80-32-46(70)62-54)18-76-2-4-78-30-44(68)60-52;;;;/h37-42H,1-36,51-58H2,(H,59,67)(H,60,68)(H,61,69)(H,62,70)(H,63,71)(H,64,72)(H,65,73)(H,66,74);4*1H4. The van der Waals surface area contributed by atoms with Crippen LogP contribution in [0.1, 0.15) is 29.7 Å². The van der Waals surface area contributed by atoms with Crippen LogP contribution in [0.25, 0.3) is 0 Å². The summed E-state index contributed by atoms with van der Waals surface area (Å²) in [4.78, 5) is 92.5. The largest absolute Gasteiger partial charge is 0.376 e. The van der Waals surface area contributed by atoms with Gasteiger partial charge in [0.15, 0.2) is 0 Å². The molecule has 8 amide bonds. The van der Waals surface area contributed by atoms with Crippen molar-refractivity contribution in [3.05, 3.63) is 0 Å². The van der Waals surface area contributed by atoms with E-state index in [4.69, 9.17) is 146 Å². The van der Waals surface area contributed by atoms with Crippen LogP contribution < -0.4 is 90.1 Å². The zero-order chi connectivity index (χ0) is 70.0. The summed E-state index contributed by atoms with van der Waals surface area (Å²) in [6.45, 7) is -3.45. The van der Waals surface area contributed by atoms with E-state index in [1.54, 1.807) is 0 Å². The minimum atomic E-state index is -0.808. The second kappa shape index (κ2) is 75.3. The molecule has 45 heteroatoms. The van der Waals surface area contributed by atoms with Gasteiger partial charge in [-0.05, 0) is 0 Å². The van der Waals surface area contributed by atoms with E-state index in [2.05, 4.69) is 0 Å². The number of ether oxygens (including phenoxy) is 21. The van der Waals surface area contributed by atoms with Gasteiger partial charge < -0.3 is 99.5 Å². The van der Waals surface area contributed by atoms with Gasteiger partial charge in [0.1, 0.15) is 89.5 Å². The first-order chi connectivity index (χ1) is 46.2. The third-order valence-corrected chi connectivity index (χ3v) is 11.0. The van der Waals surface area contributed by atoms with E-state index in [0.29, 0.717) is 0 Å². The molecule has 0 aromatic rings. The van der Waals surface area contributed by atoms with E-state index in [-0.39, 0.29) is 268 Å². The first kappa shape index (κ1) is 102. The molecule has 0 aliphatic rings. The van der Waals surface area contributed by atoms with Crippen molar-refractivity contribution >= 4 is 47.3 Å². The number of hydrogen-bond donors (Lipinski definition) is 16. The Morgan fingerprint density at radius 2 is 0.293 bits per heavy atom. The van der Waals surface area contributed by atoms with Gasteiger partial charge in [-0.1, -0.05) is 29.7 Å². The molecule has 45 nitrogen and oxygen atoms in total. The summed E-state index contributed by atoms with van der Waals surface area (Å²) in [5, 5.41) is 0. The second-order valence-corrected chi connectivity index (χ2v) is 18.8. The Bertz CT molecular complexity index is 1820. The number of carbonyl (C=O) groups is 8. The topological polar surface area (TPSA) is 635 Å². The molecule has 24 N–H and O–H groups in total. The molecule has 99 heavy (non-hydrogen) atoms. The SMILES string of the molecule is C.C.C.C.NNC(=O)COCCOCC(COCC(COCC(COCC(COCC(COCC(COCCOCC(=O)NN)OCCOCC(=O)NN)OCCOCC(=O)NN)OCCOCC(=O)NN)OCCOCC(=O)NN)OCCOCC(=O)NN)OCCOCC(=O)NN. The van der Waals surface area contributed by atoms with Gasteiger partial charge in [-0.3, -0.25) is 81.8 Å². The van der Waals surface area contributed by atoms with Crippen molar-refractivity contribution < 1.29 is 138 Å². The van der Waals surface area contributed by atoms with E-state index >= 15 is 0 Å². The fourth-order valence-corrected chi connectivity index (χ4v) is 6.48. The van der Waals surface area contributed by atoms with Gasteiger partial charge in [-0.2, -0.15) is 0 Å². The minimum absolute atomic E-state index is 0. The van der Waals surface area contributed by atoms with Crippen molar-refractivity contribution in [3.63, 3.8) is 0 Å². The Morgan fingerprint density at radius 1 is 0.182 bits per heavy atom. The lowest BCUT2D eigenvalue weighted by Gasteiger charge is -2.24. The first-order valence-corrected chi connectivity index (χ1v) is 29.5. The molecule has 0 radical (unpaired) electrons. The van der Waals surface area contributed by atoms with E-state index in [0.717, 1.165) is 0 Å². The summed E-state index contributed by atoms with van der Waals surface area (Å²) in [7, 11) is 0. The molecule has 0 aromatic carbocycles. The Morgan fingerprint density at radius 3 is 0.424 bits per heavy atom.